The van der Waals surface area contributed by atoms with Gasteiger partial charge in [0, 0.05) is 31.5 Å². The van der Waals surface area contributed by atoms with E-state index in [0.29, 0.717) is 6.61 Å². The van der Waals surface area contributed by atoms with Crippen molar-refractivity contribution in [2.45, 2.75) is 156 Å². The minimum atomic E-state index is -2.64. The quantitative estimate of drug-likeness (QED) is 0.0461. The Hall–Kier alpha value is -1.66. The van der Waals surface area contributed by atoms with Crippen LogP contribution in [0.5, 0.6) is 0 Å². The third kappa shape index (κ3) is 11.0. The van der Waals surface area contributed by atoms with Gasteiger partial charge in [-0.1, -0.05) is 150 Å². The Morgan fingerprint density at radius 2 is 1.13 bits per heavy atom. The second-order valence-electron chi connectivity index (χ2n) is 16.3. The first kappa shape index (κ1) is 46.5. The van der Waals surface area contributed by atoms with E-state index in [9.17, 15) is 4.79 Å². The van der Waals surface area contributed by atoms with E-state index in [0.717, 1.165) is 49.0 Å². The standard InChI is InChI=1S/C44H76O5Si3/c1-15-50(16-2,17-3)48-42(38(10)43(49-51(18-4,19-5)20-6)37(9)41(46-14)36(8)34-45)35(7)28-27-33-47-52(44(11,12)13,39-29-23-21-24-30-39)40-31-25-22-26-32-40/h21-26,28-32,34,36-38,41-43H,15-20,27,33H2,1-14H3/b35-28+/t36-,37-,38+,41-,42-,43+/m1/s1. The van der Waals surface area contributed by atoms with Crippen molar-refractivity contribution in [1.82, 2.24) is 0 Å². The average molecular weight is 769 g/mol. The number of carbonyl (C=O) groups is 1. The van der Waals surface area contributed by atoms with Gasteiger partial charge in [0.05, 0.1) is 18.3 Å². The first-order chi connectivity index (χ1) is 24.6. The summed E-state index contributed by atoms with van der Waals surface area (Å²) in [4.78, 5) is 12.1. The SMILES string of the molecule is CC[Si](CC)(CC)O[C@H]([C@@H](C)[C@H](O[Si](CC)(CC)CC)/C(C)=C/CCO[Si](c1ccccc1)(c1ccccc1)C(C)(C)C)[C@H](C)[C@H](OC)[C@H](C)C=O. The molecule has 0 aromatic heterocycles. The highest BCUT2D eigenvalue weighted by molar-refractivity contribution is 6.99. The van der Waals surface area contributed by atoms with Crippen LogP contribution in [-0.2, 0) is 22.8 Å². The summed E-state index contributed by atoms with van der Waals surface area (Å²) >= 11 is 0. The molecule has 0 aliphatic heterocycles. The molecule has 8 heteroatoms. The summed E-state index contributed by atoms with van der Waals surface area (Å²) in [5, 5.41) is 2.53. The molecule has 2 aromatic rings. The topological polar surface area (TPSA) is 54.0 Å². The highest BCUT2D eigenvalue weighted by Crippen LogP contribution is 2.39. The van der Waals surface area contributed by atoms with Crippen molar-refractivity contribution in [2.24, 2.45) is 17.8 Å². The molecule has 2 aromatic carbocycles. The van der Waals surface area contributed by atoms with Crippen LogP contribution < -0.4 is 10.4 Å². The monoisotopic (exact) mass is 769 g/mol. The predicted molar refractivity (Wildman–Crippen MR) is 230 cm³/mol. The number of aldehydes is 1. The van der Waals surface area contributed by atoms with Crippen LogP contribution in [0.2, 0.25) is 41.3 Å². The minimum Gasteiger partial charge on any atom is -0.413 e. The van der Waals surface area contributed by atoms with Gasteiger partial charge in [0.2, 0.25) is 0 Å². The Bertz CT molecular complexity index is 1260. The van der Waals surface area contributed by atoms with Crippen molar-refractivity contribution in [3.05, 3.63) is 72.3 Å². The zero-order chi connectivity index (χ0) is 39.2. The molecule has 0 N–H and O–H groups in total. The first-order valence-corrected chi connectivity index (χ1v) is 27.4. The van der Waals surface area contributed by atoms with Crippen molar-refractivity contribution >= 4 is 41.6 Å². The van der Waals surface area contributed by atoms with Crippen molar-refractivity contribution in [1.29, 1.82) is 0 Å². The summed E-state index contributed by atoms with van der Waals surface area (Å²) in [5.74, 6) is -0.160. The molecule has 0 aliphatic rings. The maximum Gasteiger partial charge on any atom is 0.261 e. The molecule has 0 heterocycles. The van der Waals surface area contributed by atoms with E-state index in [1.54, 1.807) is 7.11 Å². The number of rotatable bonds is 24. The number of carbonyl (C=O) groups excluding carboxylic acids is 1. The van der Waals surface area contributed by atoms with Gasteiger partial charge in [-0.3, -0.25) is 0 Å². The fraction of sp³-hybridized carbons (Fsp3) is 0.659. The van der Waals surface area contributed by atoms with Gasteiger partial charge in [-0.25, -0.2) is 0 Å². The summed E-state index contributed by atoms with van der Waals surface area (Å²) in [6, 6.07) is 28.2. The maximum atomic E-state index is 12.1. The van der Waals surface area contributed by atoms with E-state index in [1.165, 1.54) is 15.9 Å². The molecule has 52 heavy (non-hydrogen) atoms. The lowest BCUT2D eigenvalue weighted by Crippen LogP contribution is -2.66. The van der Waals surface area contributed by atoms with Crippen molar-refractivity contribution in [3.63, 3.8) is 0 Å². The molecule has 0 amide bonds. The Balaban J connectivity index is 2.64. The fourth-order valence-electron chi connectivity index (χ4n) is 8.59. The number of hydrogen-bond donors (Lipinski definition) is 0. The molecule has 0 saturated carbocycles. The number of ether oxygens (including phenoxy) is 1. The summed E-state index contributed by atoms with van der Waals surface area (Å²) < 4.78 is 28.3. The molecule has 2 rings (SSSR count). The van der Waals surface area contributed by atoms with Gasteiger partial charge in [0.15, 0.2) is 16.6 Å². The van der Waals surface area contributed by atoms with E-state index >= 15 is 0 Å². The molecule has 0 spiro atoms. The van der Waals surface area contributed by atoms with E-state index in [-0.39, 0.29) is 41.1 Å². The van der Waals surface area contributed by atoms with E-state index in [2.05, 4.69) is 150 Å². The zero-order valence-corrected chi connectivity index (χ0v) is 38.6. The Morgan fingerprint density at radius 3 is 1.52 bits per heavy atom. The number of methoxy groups -OCH3 is 1. The molecule has 0 bridgehead atoms. The molecular weight excluding hydrogens is 693 g/mol. The normalized spacial score (nSPS) is 16.9. The number of benzene rings is 2. The average Bonchev–Trinajstić information content (AvgIpc) is 3.16. The van der Waals surface area contributed by atoms with Crippen LogP contribution >= 0.6 is 0 Å². The van der Waals surface area contributed by atoms with Gasteiger partial charge in [0.1, 0.15) is 6.29 Å². The zero-order valence-electron chi connectivity index (χ0n) is 35.6. The van der Waals surface area contributed by atoms with Gasteiger partial charge in [-0.15, -0.1) is 0 Å². The van der Waals surface area contributed by atoms with Gasteiger partial charge >= 0.3 is 0 Å². The third-order valence-corrected chi connectivity index (χ3v) is 26.7. The van der Waals surface area contributed by atoms with E-state index in [4.69, 9.17) is 18.0 Å². The maximum absolute atomic E-state index is 12.1. The third-order valence-electron chi connectivity index (χ3n) is 12.4. The summed E-state index contributed by atoms with van der Waals surface area (Å²) in [6.45, 7) is 30.2. The Morgan fingerprint density at radius 1 is 0.692 bits per heavy atom. The van der Waals surface area contributed by atoms with Crippen LogP contribution in [0.25, 0.3) is 0 Å². The van der Waals surface area contributed by atoms with Crippen LogP contribution in [0.15, 0.2) is 72.3 Å². The molecule has 294 valence electrons. The molecule has 0 radical (unpaired) electrons. The van der Waals surface area contributed by atoms with E-state index < -0.39 is 25.0 Å². The van der Waals surface area contributed by atoms with Crippen molar-refractivity contribution in [2.75, 3.05) is 13.7 Å². The van der Waals surface area contributed by atoms with Crippen LogP contribution in [0.1, 0.15) is 96.4 Å². The Kier molecular flexibility index (Phi) is 19.2. The second-order valence-corrected chi connectivity index (χ2v) is 30.0. The largest absolute Gasteiger partial charge is 0.413 e. The lowest BCUT2D eigenvalue weighted by atomic mass is 9.81. The molecule has 0 fully saturated rings. The first-order valence-electron chi connectivity index (χ1n) is 20.4. The minimum absolute atomic E-state index is 0.00931. The van der Waals surface area contributed by atoms with Crippen LogP contribution in [0.3, 0.4) is 0 Å². The molecule has 6 atom stereocenters. The molecule has 0 saturated heterocycles. The highest BCUT2D eigenvalue weighted by Gasteiger charge is 2.50. The van der Waals surface area contributed by atoms with Gasteiger partial charge in [-0.05, 0) is 70.6 Å². The summed E-state index contributed by atoms with van der Waals surface area (Å²) in [6.07, 6.45) is 3.75. The molecular formula is C44H76O5Si3. The van der Waals surface area contributed by atoms with E-state index in [1.807, 2.05) is 6.92 Å². The van der Waals surface area contributed by atoms with Gasteiger partial charge in [0.25, 0.3) is 8.32 Å². The van der Waals surface area contributed by atoms with Crippen LogP contribution in [0.4, 0.5) is 0 Å². The molecule has 0 unspecified atom stereocenters. The second kappa shape index (κ2) is 21.4. The Labute approximate surface area is 323 Å². The summed E-state index contributed by atoms with van der Waals surface area (Å²) in [5.41, 5.74) is 1.25. The lowest BCUT2D eigenvalue weighted by Gasteiger charge is -2.45. The highest BCUT2D eigenvalue weighted by atomic mass is 28.4. The smallest absolute Gasteiger partial charge is 0.261 e. The fourth-order valence-corrected chi connectivity index (χ4v) is 19.1. The molecule has 5 nitrogen and oxygen atoms in total. The van der Waals surface area contributed by atoms with Gasteiger partial charge in [-0.2, -0.15) is 0 Å². The van der Waals surface area contributed by atoms with Crippen LogP contribution in [0, 0.1) is 17.8 Å². The molecule has 0 aliphatic carbocycles. The van der Waals surface area contributed by atoms with Crippen LogP contribution in [-0.4, -0.2) is 63.3 Å². The van der Waals surface area contributed by atoms with Gasteiger partial charge < -0.3 is 22.8 Å². The number of hydrogen-bond acceptors (Lipinski definition) is 5. The van der Waals surface area contributed by atoms with Crippen molar-refractivity contribution < 1.29 is 22.8 Å². The van der Waals surface area contributed by atoms with Crippen molar-refractivity contribution in [3.8, 4) is 0 Å². The summed E-state index contributed by atoms with van der Waals surface area (Å²) in [7, 11) is -4.96. The predicted octanol–water partition coefficient (Wildman–Crippen LogP) is 10.8. The lowest BCUT2D eigenvalue weighted by molar-refractivity contribution is -0.118.